The van der Waals surface area contributed by atoms with E-state index >= 15 is 0 Å². The van der Waals surface area contributed by atoms with Crippen molar-refractivity contribution in [3.8, 4) is 16.9 Å². The Morgan fingerprint density at radius 3 is 2.46 bits per heavy atom. The zero-order chi connectivity index (χ0) is 27.5. The molecule has 0 saturated heterocycles. The molecule has 0 radical (unpaired) electrons. The van der Waals surface area contributed by atoms with Gasteiger partial charge in [0, 0.05) is 45.9 Å². The van der Waals surface area contributed by atoms with Gasteiger partial charge in [-0.3, -0.25) is 14.6 Å². The summed E-state index contributed by atoms with van der Waals surface area (Å²) in [6, 6.07) is 23.5. The third-order valence-electron chi connectivity index (χ3n) is 6.93. The fourth-order valence-corrected chi connectivity index (χ4v) is 5.46. The van der Waals surface area contributed by atoms with Crippen molar-refractivity contribution in [1.82, 2.24) is 9.99 Å². The van der Waals surface area contributed by atoms with E-state index in [0.29, 0.717) is 6.42 Å². The number of aromatic nitrogens is 1. The van der Waals surface area contributed by atoms with Gasteiger partial charge in [0.25, 0.3) is 0 Å². The van der Waals surface area contributed by atoms with Crippen molar-refractivity contribution in [2.45, 2.75) is 38.6 Å². The van der Waals surface area contributed by atoms with Gasteiger partial charge in [-0.05, 0) is 54.8 Å². The Morgan fingerprint density at radius 2 is 1.77 bits per heavy atom. The van der Waals surface area contributed by atoms with Gasteiger partial charge in [-0.1, -0.05) is 58.4 Å². The number of aryl methyl sites for hydroxylation is 1. The first-order valence-electron chi connectivity index (χ1n) is 12.8. The molecule has 0 bridgehead atoms. The number of hydrogen-bond acceptors (Lipinski definition) is 5. The van der Waals surface area contributed by atoms with Crippen molar-refractivity contribution in [3.63, 3.8) is 0 Å². The lowest BCUT2D eigenvalue weighted by molar-refractivity contribution is -0.137. The molecule has 0 unspecified atom stereocenters. The molecule has 1 N–H and O–H groups in total. The molecule has 0 saturated carbocycles. The highest BCUT2D eigenvalue weighted by atomic mass is 79.9. The van der Waals surface area contributed by atoms with E-state index in [9.17, 15) is 9.59 Å². The van der Waals surface area contributed by atoms with Crippen LogP contribution in [0.2, 0.25) is 0 Å². The topological polar surface area (TPSA) is 92.1 Å². The number of aliphatic carboxylic acids is 1. The monoisotopic (exact) mass is 585 g/mol. The quantitative estimate of drug-likeness (QED) is 0.242. The number of nitrogens with zero attached hydrogens (tertiary/aromatic N) is 3. The Morgan fingerprint density at radius 1 is 1.03 bits per heavy atom. The summed E-state index contributed by atoms with van der Waals surface area (Å²) in [6.45, 7) is 1.98. The van der Waals surface area contributed by atoms with E-state index in [4.69, 9.17) is 19.9 Å². The molecular weight excluding hydrogens is 558 g/mol. The molecule has 8 heteroatoms. The number of carboxylic acid groups (broad SMARTS) is 1. The molecule has 2 heterocycles. The first-order chi connectivity index (χ1) is 18.9. The molecule has 1 aliphatic heterocycles. The number of pyridine rings is 1. The van der Waals surface area contributed by atoms with Crippen LogP contribution in [0.25, 0.3) is 22.0 Å². The van der Waals surface area contributed by atoms with Gasteiger partial charge in [0.2, 0.25) is 5.91 Å². The van der Waals surface area contributed by atoms with Crippen LogP contribution < -0.4 is 4.74 Å². The fraction of sp³-hybridized carbons (Fsp3) is 0.226. The number of rotatable bonds is 8. The van der Waals surface area contributed by atoms with Crippen LogP contribution in [-0.4, -0.2) is 39.8 Å². The van der Waals surface area contributed by atoms with Gasteiger partial charge in [0.15, 0.2) is 0 Å². The molecule has 3 aromatic carbocycles. The minimum absolute atomic E-state index is 0.0654. The molecule has 1 atom stereocenters. The van der Waals surface area contributed by atoms with Gasteiger partial charge in [0.05, 0.1) is 24.4 Å². The van der Waals surface area contributed by atoms with Gasteiger partial charge >= 0.3 is 5.97 Å². The predicted molar refractivity (Wildman–Crippen MR) is 155 cm³/mol. The van der Waals surface area contributed by atoms with Crippen LogP contribution in [-0.2, 0) is 9.59 Å². The molecule has 5 rings (SSSR count). The number of benzene rings is 3. The number of hydrazone groups is 1. The largest absolute Gasteiger partial charge is 0.497 e. The zero-order valence-corrected chi connectivity index (χ0v) is 23.3. The molecule has 0 spiro atoms. The lowest BCUT2D eigenvalue weighted by atomic mass is 9.89. The molecule has 0 aliphatic carbocycles. The number of carbonyl (C=O) groups is 2. The van der Waals surface area contributed by atoms with Gasteiger partial charge < -0.3 is 9.84 Å². The molecule has 39 heavy (non-hydrogen) atoms. The highest BCUT2D eigenvalue weighted by Gasteiger charge is 2.35. The van der Waals surface area contributed by atoms with Crippen LogP contribution in [0.1, 0.15) is 48.5 Å². The number of fused-ring (bicyclic) bond motifs is 1. The lowest BCUT2D eigenvalue weighted by Crippen LogP contribution is -2.27. The van der Waals surface area contributed by atoms with E-state index in [1.165, 1.54) is 5.01 Å². The number of amides is 1. The van der Waals surface area contributed by atoms with Gasteiger partial charge in [-0.2, -0.15) is 5.10 Å². The molecular formula is C31H28BrN3O4. The lowest BCUT2D eigenvalue weighted by Gasteiger charge is -2.22. The summed E-state index contributed by atoms with van der Waals surface area (Å²) in [5.41, 5.74) is 6.37. The Labute approximate surface area is 235 Å². The van der Waals surface area contributed by atoms with E-state index in [-0.39, 0.29) is 31.2 Å². The highest BCUT2D eigenvalue weighted by molar-refractivity contribution is 9.10. The summed E-state index contributed by atoms with van der Waals surface area (Å²) < 4.78 is 6.27. The zero-order valence-electron chi connectivity index (χ0n) is 21.7. The summed E-state index contributed by atoms with van der Waals surface area (Å²) in [4.78, 5) is 29.4. The van der Waals surface area contributed by atoms with Crippen LogP contribution in [0, 0.1) is 6.92 Å². The van der Waals surface area contributed by atoms with Crippen molar-refractivity contribution >= 4 is 44.4 Å². The van der Waals surface area contributed by atoms with E-state index in [0.717, 1.165) is 54.8 Å². The maximum atomic E-state index is 13.4. The van der Waals surface area contributed by atoms with E-state index in [2.05, 4.69) is 34.1 Å². The summed E-state index contributed by atoms with van der Waals surface area (Å²) in [5.74, 6) is -0.400. The Balaban J connectivity index is 1.64. The average molecular weight is 586 g/mol. The molecule has 1 aromatic heterocycles. The SMILES string of the molecule is COc1ccc([C@H]2CC(c3c(C)nc4ccc(Br)cc4c3-c3ccccc3)=NN2C(=O)CCCC(=O)O)cc1. The van der Waals surface area contributed by atoms with Crippen LogP contribution in [0.15, 0.2) is 82.4 Å². The third kappa shape index (κ3) is 5.56. The predicted octanol–water partition coefficient (Wildman–Crippen LogP) is 6.91. The van der Waals surface area contributed by atoms with E-state index < -0.39 is 5.97 Å². The second-order valence-corrected chi connectivity index (χ2v) is 10.4. The Bertz CT molecular complexity index is 1570. The second kappa shape index (κ2) is 11.4. The first kappa shape index (κ1) is 26.6. The Kier molecular flexibility index (Phi) is 7.74. The van der Waals surface area contributed by atoms with Crippen molar-refractivity contribution in [2.24, 2.45) is 5.10 Å². The van der Waals surface area contributed by atoms with Crippen LogP contribution in [0.4, 0.5) is 0 Å². The minimum Gasteiger partial charge on any atom is -0.497 e. The summed E-state index contributed by atoms with van der Waals surface area (Å²) in [6.07, 6.45) is 0.789. The van der Waals surface area contributed by atoms with Crippen LogP contribution in [0.5, 0.6) is 5.75 Å². The molecule has 198 valence electrons. The number of ether oxygens (including phenoxy) is 1. The minimum atomic E-state index is -0.920. The summed E-state index contributed by atoms with van der Waals surface area (Å²) in [7, 11) is 1.61. The number of carbonyl (C=O) groups excluding carboxylic acids is 1. The maximum absolute atomic E-state index is 13.4. The molecule has 4 aromatic rings. The normalized spacial score (nSPS) is 14.9. The average Bonchev–Trinajstić information content (AvgIpc) is 3.38. The van der Waals surface area contributed by atoms with Crippen molar-refractivity contribution < 1.29 is 19.4 Å². The fourth-order valence-electron chi connectivity index (χ4n) is 5.10. The Hall–Kier alpha value is -4.04. The second-order valence-electron chi connectivity index (χ2n) is 9.50. The molecule has 0 fully saturated rings. The standard InChI is InChI=1S/C31H28BrN3O4/c1-19-30(31(21-7-4-3-5-8-21)24-17-22(32)13-16-25(24)33-19)26-18-27(20-11-14-23(39-2)15-12-20)35(34-26)28(36)9-6-10-29(37)38/h3-5,7-8,11-17,27H,6,9-10,18H2,1-2H3,(H,37,38)/t27-/m1/s1. The molecule has 1 aliphatic rings. The smallest absolute Gasteiger partial charge is 0.303 e. The van der Waals surface area contributed by atoms with Gasteiger partial charge in [-0.25, -0.2) is 5.01 Å². The number of carboxylic acids is 1. The summed E-state index contributed by atoms with van der Waals surface area (Å²) >= 11 is 3.62. The number of hydrogen-bond donors (Lipinski definition) is 1. The maximum Gasteiger partial charge on any atom is 0.303 e. The van der Waals surface area contributed by atoms with Crippen molar-refractivity contribution in [3.05, 3.63) is 94.1 Å². The number of halogens is 1. The molecule has 1 amide bonds. The van der Waals surface area contributed by atoms with Crippen LogP contribution >= 0.6 is 15.9 Å². The van der Waals surface area contributed by atoms with Crippen molar-refractivity contribution in [1.29, 1.82) is 0 Å². The highest BCUT2D eigenvalue weighted by Crippen LogP contribution is 2.40. The third-order valence-corrected chi connectivity index (χ3v) is 7.42. The number of methoxy groups -OCH3 is 1. The van der Waals surface area contributed by atoms with Crippen LogP contribution in [0.3, 0.4) is 0 Å². The van der Waals surface area contributed by atoms with E-state index in [1.807, 2.05) is 61.5 Å². The molecule has 7 nitrogen and oxygen atoms in total. The van der Waals surface area contributed by atoms with Gasteiger partial charge in [0.1, 0.15) is 5.75 Å². The first-order valence-corrected chi connectivity index (χ1v) is 13.6. The van der Waals surface area contributed by atoms with E-state index in [1.54, 1.807) is 7.11 Å². The van der Waals surface area contributed by atoms with Gasteiger partial charge in [-0.15, -0.1) is 0 Å². The van der Waals surface area contributed by atoms with Crippen molar-refractivity contribution in [2.75, 3.05) is 7.11 Å². The summed E-state index contributed by atoms with van der Waals surface area (Å²) in [5, 5.41) is 16.5.